The van der Waals surface area contributed by atoms with E-state index in [9.17, 15) is 5.11 Å². The molecule has 1 heterocycles. The summed E-state index contributed by atoms with van der Waals surface area (Å²) in [7, 11) is 0. The molecular weight excluding hydrogens is 214 g/mol. The van der Waals surface area contributed by atoms with Crippen molar-refractivity contribution in [2.45, 2.75) is 39.4 Å². The summed E-state index contributed by atoms with van der Waals surface area (Å²) < 4.78 is 5.79. The van der Waals surface area contributed by atoms with Gasteiger partial charge in [0.1, 0.15) is 5.75 Å². The van der Waals surface area contributed by atoms with Crippen LogP contribution in [0.5, 0.6) is 5.75 Å². The summed E-state index contributed by atoms with van der Waals surface area (Å²) in [4.78, 5) is 3.18. The average Bonchev–Trinajstić information content (AvgIpc) is 2.72. The molecule has 0 unspecified atom stereocenters. The Morgan fingerprint density at radius 1 is 1.35 bits per heavy atom. The Labute approximate surface area is 101 Å². The maximum absolute atomic E-state index is 10.00. The topological polar surface area (TPSA) is 45.2 Å². The molecule has 0 saturated carbocycles. The van der Waals surface area contributed by atoms with Crippen LogP contribution in [0.15, 0.2) is 24.4 Å². The Hall–Kier alpha value is -1.48. The first-order valence-electron chi connectivity index (χ1n) is 6.08. The standard InChI is InChI=1S/C14H19NO2/c1-4-12(16)10-8-15-11-6-5-7-13(14(10)11)17-9(2)3/h5-9,12,15-16H,4H2,1-3H3/t12-/m1/s1. The second-order valence-electron chi connectivity index (χ2n) is 4.51. The molecule has 0 bridgehead atoms. The summed E-state index contributed by atoms with van der Waals surface area (Å²) in [6, 6.07) is 5.90. The van der Waals surface area contributed by atoms with Crippen molar-refractivity contribution in [3.63, 3.8) is 0 Å². The summed E-state index contributed by atoms with van der Waals surface area (Å²) in [5.74, 6) is 0.834. The minimum Gasteiger partial charge on any atom is -0.490 e. The van der Waals surface area contributed by atoms with Gasteiger partial charge < -0.3 is 14.8 Å². The van der Waals surface area contributed by atoms with Crippen molar-refractivity contribution in [1.29, 1.82) is 0 Å². The van der Waals surface area contributed by atoms with Crippen molar-refractivity contribution in [2.75, 3.05) is 0 Å². The van der Waals surface area contributed by atoms with Crippen molar-refractivity contribution in [3.8, 4) is 5.75 Å². The quantitative estimate of drug-likeness (QED) is 0.850. The van der Waals surface area contributed by atoms with Crippen molar-refractivity contribution in [2.24, 2.45) is 0 Å². The minimum absolute atomic E-state index is 0.127. The van der Waals surface area contributed by atoms with Crippen molar-refractivity contribution >= 4 is 10.9 Å². The van der Waals surface area contributed by atoms with Gasteiger partial charge in [0.25, 0.3) is 0 Å². The van der Waals surface area contributed by atoms with E-state index in [1.165, 1.54) is 0 Å². The Balaban J connectivity index is 2.55. The second-order valence-corrected chi connectivity index (χ2v) is 4.51. The number of fused-ring (bicyclic) bond motifs is 1. The van der Waals surface area contributed by atoms with Gasteiger partial charge in [-0.3, -0.25) is 0 Å². The van der Waals surface area contributed by atoms with Crippen LogP contribution in [0.1, 0.15) is 38.9 Å². The molecule has 2 rings (SSSR count). The Morgan fingerprint density at radius 3 is 2.76 bits per heavy atom. The molecule has 0 fully saturated rings. The third-order valence-corrected chi connectivity index (χ3v) is 2.81. The highest BCUT2D eigenvalue weighted by Crippen LogP contribution is 2.33. The Bertz CT molecular complexity index is 502. The smallest absolute Gasteiger partial charge is 0.129 e. The van der Waals surface area contributed by atoms with E-state index >= 15 is 0 Å². The lowest BCUT2D eigenvalue weighted by Gasteiger charge is -2.13. The molecule has 3 heteroatoms. The molecule has 3 nitrogen and oxygen atoms in total. The molecule has 1 atom stereocenters. The van der Waals surface area contributed by atoms with Crippen LogP contribution in [0, 0.1) is 0 Å². The number of rotatable bonds is 4. The predicted molar refractivity (Wildman–Crippen MR) is 69.3 cm³/mol. The van der Waals surface area contributed by atoms with Crippen molar-refractivity contribution in [1.82, 2.24) is 4.98 Å². The van der Waals surface area contributed by atoms with Gasteiger partial charge in [-0.25, -0.2) is 0 Å². The van der Waals surface area contributed by atoms with Gasteiger partial charge in [-0.15, -0.1) is 0 Å². The number of hydrogen-bond donors (Lipinski definition) is 2. The third-order valence-electron chi connectivity index (χ3n) is 2.81. The zero-order valence-corrected chi connectivity index (χ0v) is 10.5. The third kappa shape index (κ3) is 2.29. The zero-order valence-electron chi connectivity index (χ0n) is 10.5. The van der Waals surface area contributed by atoms with Gasteiger partial charge in [-0.1, -0.05) is 13.0 Å². The van der Waals surface area contributed by atoms with Gasteiger partial charge in [0.15, 0.2) is 0 Å². The van der Waals surface area contributed by atoms with E-state index in [2.05, 4.69) is 4.98 Å². The van der Waals surface area contributed by atoms with Crippen LogP contribution in [0.25, 0.3) is 10.9 Å². The lowest BCUT2D eigenvalue weighted by Crippen LogP contribution is -2.06. The first kappa shape index (κ1) is 12.0. The van der Waals surface area contributed by atoms with Gasteiger partial charge in [-0.2, -0.15) is 0 Å². The van der Waals surface area contributed by atoms with E-state index in [1.807, 2.05) is 45.2 Å². The molecule has 2 aromatic rings. The molecule has 0 aliphatic heterocycles. The minimum atomic E-state index is -0.444. The molecule has 0 aliphatic carbocycles. The fraction of sp³-hybridized carbons (Fsp3) is 0.429. The molecular formula is C14H19NO2. The predicted octanol–water partition coefficient (Wildman–Crippen LogP) is 3.40. The van der Waals surface area contributed by atoms with Crippen LogP contribution in [0.4, 0.5) is 0 Å². The normalized spacial score (nSPS) is 13.2. The number of aliphatic hydroxyl groups excluding tert-OH is 1. The largest absolute Gasteiger partial charge is 0.490 e. The van der Waals surface area contributed by atoms with Gasteiger partial charge in [-0.05, 0) is 32.4 Å². The summed E-state index contributed by atoms with van der Waals surface area (Å²) in [6.45, 7) is 5.97. The monoisotopic (exact) mass is 233 g/mol. The summed E-state index contributed by atoms with van der Waals surface area (Å²) in [5, 5.41) is 11.0. The molecule has 17 heavy (non-hydrogen) atoms. The first-order chi connectivity index (χ1) is 8.13. The number of hydrogen-bond acceptors (Lipinski definition) is 2. The summed E-state index contributed by atoms with van der Waals surface area (Å²) in [6.07, 6.45) is 2.25. The molecule has 92 valence electrons. The van der Waals surface area contributed by atoms with Crippen LogP contribution >= 0.6 is 0 Å². The molecule has 0 radical (unpaired) electrons. The van der Waals surface area contributed by atoms with E-state index in [0.29, 0.717) is 6.42 Å². The molecule has 2 N–H and O–H groups in total. The highest BCUT2D eigenvalue weighted by Gasteiger charge is 2.15. The molecule has 1 aromatic carbocycles. The number of nitrogens with one attached hydrogen (secondary N) is 1. The fourth-order valence-electron chi connectivity index (χ4n) is 2.01. The number of ether oxygens (including phenoxy) is 1. The van der Waals surface area contributed by atoms with Crippen LogP contribution in [-0.2, 0) is 0 Å². The second kappa shape index (κ2) is 4.80. The van der Waals surface area contributed by atoms with Gasteiger partial charge in [0, 0.05) is 22.7 Å². The van der Waals surface area contributed by atoms with E-state index in [0.717, 1.165) is 22.2 Å². The highest BCUT2D eigenvalue weighted by molar-refractivity contribution is 5.89. The van der Waals surface area contributed by atoms with E-state index in [4.69, 9.17) is 4.74 Å². The van der Waals surface area contributed by atoms with Gasteiger partial charge in [0.2, 0.25) is 0 Å². The van der Waals surface area contributed by atoms with E-state index in [-0.39, 0.29) is 6.10 Å². The number of aliphatic hydroxyl groups is 1. The van der Waals surface area contributed by atoms with Crippen LogP contribution < -0.4 is 4.74 Å². The van der Waals surface area contributed by atoms with Gasteiger partial charge >= 0.3 is 0 Å². The van der Waals surface area contributed by atoms with Crippen LogP contribution in [-0.4, -0.2) is 16.2 Å². The lowest BCUT2D eigenvalue weighted by atomic mass is 10.1. The maximum Gasteiger partial charge on any atom is 0.129 e. The SMILES string of the molecule is CC[C@@H](O)c1c[nH]c2cccc(OC(C)C)c12. The Kier molecular flexibility index (Phi) is 3.38. The van der Waals surface area contributed by atoms with Crippen LogP contribution in [0.2, 0.25) is 0 Å². The van der Waals surface area contributed by atoms with Crippen molar-refractivity contribution in [3.05, 3.63) is 30.0 Å². The first-order valence-corrected chi connectivity index (χ1v) is 6.08. The number of benzene rings is 1. The molecule has 0 spiro atoms. The zero-order chi connectivity index (χ0) is 12.4. The van der Waals surface area contributed by atoms with Crippen LogP contribution in [0.3, 0.4) is 0 Å². The fourth-order valence-corrected chi connectivity index (χ4v) is 2.01. The maximum atomic E-state index is 10.00. The average molecular weight is 233 g/mol. The molecule has 0 saturated heterocycles. The van der Waals surface area contributed by atoms with Crippen molar-refractivity contribution < 1.29 is 9.84 Å². The van der Waals surface area contributed by atoms with Gasteiger partial charge in [0.05, 0.1) is 12.2 Å². The number of aromatic nitrogens is 1. The highest BCUT2D eigenvalue weighted by atomic mass is 16.5. The van der Waals surface area contributed by atoms with E-state index in [1.54, 1.807) is 0 Å². The number of H-pyrrole nitrogens is 1. The Morgan fingerprint density at radius 2 is 2.12 bits per heavy atom. The summed E-state index contributed by atoms with van der Waals surface area (Å²) >= 11 is 0. The lowest BCUT2D eigenvalue weighted by molar-refractivity contribution is 0.174. The molecule has 0 amide bonds. The molecule has 0 aliphatic rings. The van der Waals surface area contributed by atoms with E-state index < -0.39 is 6.10 Å². The summed E-state index contributed by atoms with van der Waals surface area (Å²) in [5.41, 5.74) is 1.92. The number of aromatic amines is 1. The molecule has 1 aromatic heterocycles.